The van der Waals surface area contributed by atoms with Gasteiger partial charge >= 0.3 is 5.97 Å². The van der Waals surface area contributed by atoms with Gasteiger partial charge in [0, 0.05) is 10.5 Å². The molecule has 0 fully saturated rings. The third-order valence-electron chi connectivity index (χ3n) is 2.65. The van der Waals surface area contributed by atoms with E-state index in [1.807, 2.05) is 0 Å². The van der Waals surface area contributed by atoms with Gasteiger partial charge in [-0.25, -0.2) is 4.79 Å². The zero-order valence-corrected chi connectivity index (χ0v) is 12.6. The number of rotatable bonds is 4. The summed E-state index contributed by atoms with van der Waals surface area (Å²) in [7, 11) is 3.04. The highest BCUT2D eigenvalue weighted by atomic mass is 79.9. The maximum absolute atomic E-state index is 12.1. The van der Waals surface area contributed by atoms with Crippen molar-refractivity contribution in [2.45, 2.75) is 0 Å². The van der Waals surface area contributed by atoms with Crippen LogP contribution >= 0.6 is 15.9 Å². The van der Waals surface area contributed by atoms with E-state index in [0.717, 1.165) is 4.47 Å². The number of esters is 1. The molecule has 0 saturated carbocycles. The Bertz CT molecular complexity index is 608. The predicted octanol–water partition coefficient (Wildman–Crippen LogP) is 3.69. The topological polar surface area (TPSA) is 44.8 Å². The van der Waals surface area contributed by atoms with Crippen molar-refractivity contribution >= 4 is 21.9 Å². The van der Waals surface area contributed by atoms with Crippen molar-refractivity contribution in [2.24, 2.45) is 0 Å². The minimum atomic E-state index is -0.480. The first-order valence-corrected chi connectivity index (χ1v) is 6.63. The highest BCUT2D eigenvalue weighted by molar-refractivity contribution is 9.10. The maximum atomic E-state index is 12.1. The minimum Gasteiger partial charge on any atom is -0.497 e. The first kappa shape index (κ1) is 14.4. The van der Waals surface area contributed by atoms with Gasteiger partial charge in [-0.05, 0) is 36.4 Å². The average molecular weight is 337 g/mol. The van der Waals surface area contributed by atoms with Gasteiger partial charge in [-0.2, -0.15) is 0 Å². The summed E-state index contributed by atoms with van der Waals surface area (Å²) < 4.78 is 16.5. The summed E-state index contributed by atoms with van der Waals surface area (Å²) in [5, 5.41) is 0. The molecule has 0 amide bonds. The second-order valence-corrected chi connectivity index (χ2v) is 4.83. The molecule has 5 heteroatoms. The molecule has 0 radical (unpaired) electrons. The zero-order chi connectivity index (χ0) is 14.5. The minimum absolute atomic E-state index is 0.344. The number of benzene rings is 2. The van der Waals surface area contributed by atoms with E-state index >= 15 is 0 Å². The van der Waals surface area contributed by atoms with Gasteiger partial charge in [-0.3, -0.25) is 0 Å². The molecule has 0 aliphatic heterocycles. The average Bonchev–Trinajstić information content (AvgIpc) is 2.48. The summed E-state index contributed by atoms with van der Waals surface area (Å²) in [6.45, 7) is 0. The van der Waals surface area contributed by atoms with Gasteiger partial charge in [0.25, 0.3) is 0 Å². The normalized spacial score (nSPS) is 9.95. The second kappa shape index (κ2) is 6.43. The third-order valence-corrected chi connectivity index (χ3v) is 3.18. The van der Waals surface area contributed by atoms with Crippen LogP contribution in [0.4, 0.5) is 0 Å². The summed E-state index contributed by atoms with van der Waals surface area (Å²) in [5.74, 6) is 1.01. The van der Waals surface area contributed by atoms with Crippen LogP contribution in [-0.2, 0) is 0 Å². The summed E-state index contributed by atoms with van der Waals surface area (Å²) in [5.41, 5.74) is 0.344. The van der Waals surface area contributed by atoms with Crippen LogP contribution in [0.1, 0.15) is 10.4 Å². The number of methoxy groups -OCH3 is 2. The molecule has 2 rings (SSSR count). The number of halogens is 1. The van der Waals surface area contributed by atoms with Gasteiger partial charge in [0.1, 0.15) is 22.8 Å². The molecule has 0 heterocycles. The van der Waals surface area contributed by atoms with Gasteiger partial charge in [-0.15, -0.1) is 0 Å². The zero-order valence-electron chi connectivity index (χ0n) is 11.1. The molecular weight excluding hydrogens is 324 g/mol. The Morgan fingerprint density at radius 3 is 2.20 bits per heavy atom. The van der Waals surface area contributed by atoms with Gasteiger partial charge in [0.05, 0.1) is 14.2 Å². The van der Waals surface area contributed by atoms with Crippen molar-refractivity contribution < 1.29 is 19.0 Å². The monoisotopic (exact) mass is 336 g/mol. The molecule has 0 saturated heterocycles. The SMILES string of the molecule is COc1ccc(C(=O)Oc2ccc(Br)cc2)c(OC)c1. The fraction of sp³-hybridized carbons (Fsp3) is 0.133. The molecule has 0 aliphatic carbocycles. The highest BCUT2D eigenvalue weighted by Crippen LogP contribution is 2.26. The van der Waals surface area contributed by atoms with Crippen LogP contribution in [0.3, 0.4) is 0 Å². The van der Waals surface area contributed by atoms with Crippen LogP contribution in [0.5, 0.6) is 17.2 Å². The molecular formula is C15H13BrO4. The lowest BCUT2D eigenvalue weighted by molar-refractivity contribution is 0.0731. The molecule has 0 unspecified atom stereocenters. The van der Waals surface area contributed by atoms with E-state index in [1.165, 1.54) is 7.11 Å². The lowest BCUT2D eigenvalue weighted by atomic mass is 10.2. The fourth-order valence-electron chi connectivity index (χ4n) is 1.63. The molecule has 0 N–H and O–H groups in total. The first-order chi connectivity index (χ1) is 9.63. The smallest absolute Gasteiger partial charge is 0.347 e. The van der Waals surface area contributed by atoms with Crippen LogP contribution in [0, 0.1) is 0 Å². The Hall–Kier alpha value is -2.01. The van der Waals surface area contributed by atoms with Gasteiger partial charge in [-0.1, -0.05) is 15.9 Å². The number of carbonyl (C=O) groups is 1. The largest absolute Gasteiger partial charge is 0.497 e. The van der Waals surface area contributed by atoms with Gasteiger partial charge in [0.15, 0.2) is 0 Å². The van der Waals surface area contributed by atoms with Crippen LogP contribution in [0.15, 0.2) is 46.9 Å². The van der Waals surface area contributed by atoms with E-state index in [-0.39, 0.29) is 0 Å². The van der Waals surface area contributed by atoms with Crippen LogP contribution in [0.2, 0.25) is 0 Å². The summed E-state index contributed by atoms with van der Waals surface area (Å²) in [6.07, 6.45) is 0. The predicted molar refractivity (Wildman–Crippen MR) is 78.6 cm³/mol. The summed E-state index contributed by atoms with van der Waals surface area (Å²) in [4.78, 5) is 12.1. The van der Waals surface area contributed by atoms with Crippen molar-refractivity contribution in [3.8, 4) is 17.2 Å². The Kier molecular flexibility index (Phi) is 4.63. The summed E-state index contributed by atoms with van der Waals surface area (Å²) >= 11 is 3.32. The Morgan fingerprint density at radius 2 is 1.60 bits per heavy atom. The molecule has 0 aromatic heterocycles. The molecule has 104 valence electrons. The molecule has 0 atom stereocenters. The number of hydrogen-bond acceptors (Lipinski definition) is 4. The Labute approximate surface area is 125 Å². The van der Waals surface area contributed by atoms with Gasteiger partial charge < -0.3 is 14.2 Å². The number of carbonyl (C=O) groups excluding carboxylic acids is 1. The quantitative estimate of drug-likeness (QED) is 0.631. The molecule has 20 heavy (non-hydrogen) atoms. The fourth-order valence-corrected chi connectivity index (χ4v) is 1.90. The molecule has 2 aromatic rings. The molecule has 2 aromatic carbocycles. The van der Waals surface area contributed by atoms with Crippen molar-refractivity contribution in [3.05, 3.63) is 52.5 Å². The number of hydrogen-bond donors (Lipinski definition) is 0. The molecule has 0 spiro atoms. The maximum Gasteiger partial charge on any atom is 0.347 e. The van der Waals surface area contributed by atoms with Crippen molar-refractivity contribution in [1.82, 2.24) is 0 Å². The lowest BCUT2D eigenvalue weighted by Crippen LogP contribution is -2.10. The molecule has 4 nitrogen and oxygen atoms in total. The number of ether oxygens (including phenoxy) is 3. The van der Waals surface area contributed by atoms with Crippen molar-refractivity contribution in [3.63, 3.8) is 0 Å². The van der Waals surface area contributed by atoms with E-state index < -0.39 is 5.97 Å². The van der Waals surface area contributed by atoms with E-state index in [4.69, 9.17) is 14.2 Å². The highest BCUT2D eigenvalue weighted by Gasteiger charge is 2.15. The Balaban J connectivity index is 2.22. The third kappa shape index (κ3) is 3.30. The van der Waals surface area contributed by atoms with E-state index in [0.29, 0.717) is 22.8 Å². The van der Waals surface area contributed by atoms with E-state index in [9.17, 15) is 4.79 Å². The van der Waals surface area contributed by atoms with Crippen LogP contribution < -0.4 is 14.2 Å². The molecule has 0 aliphatic rings. The second-order valence-electron chi connectivity index (χ2n) is 3.91. The standard InChI is InChI=1S/C15H13BrO4/c1-18-12-7-8-13(14(9-12)19-2)15(17)20-11-5-3-10(16)4-6-11/h3-9H,1-2H3. The lowest BCUT2D eigenvalue weighted by Gasteiger charge is -2.10. The van der Waals surface area contributed by atoms with Crippen molar-refractivity contribution in [1.29, 1.82) is 0 Å². The molecule has 0 bridgehead atoms. The van der Waals surface area contributed by atoms with Crippen molar-refractivity contribution in [2.75, 3.05) is 14.2 Å². The Morgan fingerprint density at radius 1 is 0.950 bits per heavy atom. The van der Waals surface area contributed by atoms with E-state index in [2.05, 4.69) is 15.9 Å². The van der Waals surface area contributed by atoms with Crippen LogP contribution in [0.25, 0.3) is 0 Å². The first-order valence-electron chi connectivity index (χ1n) is 5.84. The van der Waals surface area contributed by atoms with Crippen LogP contribution in [-0.4, -0.2) is 20.2 Å². The van der Waals surface area contributed by atoms with Gasteiger partial charge in [0.2, 0.25) is 0 Å². The summed E-state index contributed by atoms with van der Waals surface area (Å²) in [6, 6.07) is 11.9. The van der Waals surface area contributed by atoms with E-state index in [1.54, 1.807) is 49.6 Å².